The van der Waals surface area contributed by atoms with Crippen LogP contribution < -0.4 is 5.32 Å². The summed E-state index contributed by atoms with van der Waals surface area (Å²) in [5, 5.41) is 3.66. The molecule has 2 fully saturated rings. The van der Waals surface area contributed by atoms with Crippen LogP contribution in [0.15, 0.2) is 12.1 Å². The van der Waals surface area contributed by atoms with E-state index in [1.165, 1.54) is 54.7 Å². The molecule has 1 saturated heterocycles. The lowest BCUT2D eigenvalue weighted by Gasteiger charge is -2.33. The van der Waals surface area contributed by atoms with Gasteiger partial charge in [0.15, 0.2) is 0 Å². The number of nitrogens with one attached hydrogen (secondary N) is 1. The minimum atomic E-state index is 0.257. The molecule has 0 bridgehead atoms. The quantitative estimate of drug-likeness (QED) is 0.876. The summed E-state index contributed by atoms with van der Waals surface area (Å²) in [6.07, 6.45) is 9.68. The first-order valence-electron chi connectivity index (χ1n) is 8.14. The molecular weight excluding hydrogens is 266 g/mol. The van der Waals surface area contributed by atoms with Crippen molar-refractivity contribution in [2.45, 2.75) is 76.5 Å². The molecule has 1 aliphatic heterocycles. The van der Waals surface area contributed by atoms with Crippen molar-refractivity contribution in [1.82, 2.24) is 5.32 Å². The largest absolute Gasteiger partial charge is 0.370 e. The Morgan fingerprint density at radius 3 is 2.80 bits per heavy atom. The Morgan fingerprint density at radius 1 is 1.30 bits per heavy atom. The second-order valence-corrected chi connectivity index (χ2v) is 7.92. The first-order valence-corrected chi connectivity index (χ1v) is 8.96. The molecule has 2 aliphatic rings. The third-order valence-corrected chi connectivity index (χ3v) is 6.13. The van der Waals surface area contributed by atoms with E-state index in [-0.39, 0.29) is 5.60 Å². The summed E-state index contributed by atoms with van der Waals surface area (Å²) in [5.41, 5.74) is 0.257. The predicted molar refractivity (Wildman–Crippen MR) is 85.4 cm³/mol. The summed E-state index contributed by atoms with van der Waals surface area (Å²) < 4.78 is 6.42. The molecule has 3 heteroatoms. The zero-order chi connectivity index (χ0) is 14.0. The molecule has 1 aromatic heterocycles. The van der Waals surface area contributed by atoms with E-state index < -0.39 is 0 Å². The SMILES string of the molecule is Cc1ccc(C(C)NCC2CCC3(CCCCC3)O2)s1. The van der Waals surface area contributed by atoms with Gasteiger partial charge in [-0.1, -0.05) is 19.3 Å². The van der Waals surface area contributed by atoms with Crippen LogP contribution in [-0.2, 0) is 4.74 Å². The van der Waals surface area contributed by atoms with E-state index in [0.29, 0.717) is 12.1 Å². The number of hydrogen-bond donors (Lipinski definition) is 1. The van der Waals surface area contributed by atoms with E-state index in [9.17, 15) is 0 Å². The van der Waals surface area contributed by atoms with Crippen molar-refractivity contribution in [1.29, 1.82) is 0 Å². The third-order valence-electron chi connectivity index (χ3n) is 4.94. The van der Waals surface area contributed by atoms with Gasteiger partial charge in [-0.25, -0.2) is 0 Å². The lowest BCUT2D eigenvalue weighted by Crippen LogP contribution is -2.35. The molecule has 2 nitrogen and oxygen atoms in total. The van der Waals surface area contributed by atoms with E-state index in [1.807, 2.05) is 11.3 Å². The van der Waals surface area contributed by atoms with Crippen LogP contribution in [0.5, 0.6) is 0 Å². The van der Waals surface area contributed by atoms with Crippen LogP contribution >= 0.6 is 11.3 Å². The van der Waals surface area contributed by atoms with Crippen LogP contribution in [0.3, 0.4) is 0 Å². The third kappa shape index (κ3) is 3.26. The summed E-state index contributed by atoms with van der Waals surface area (Å²) in [4.78, 5) is 2.83. The number of aryl methyl sites for hydroxylation is 1. The first-order chi connectivity index (χ1) is 9.67. The molecule has 2 heterocycles. The number of rotatable bonds is 4. The zero-order valence-corrected chi connectivity index (χ0v) is 13.6. The number of hydrogen-bond acceptors (Lipinski definition) is 3. The lowest BCUT2D eigenvalue weighted by molar-refractivity contribution is -0.0628. The van der Waals surface area contributed by atoms with Gasteiger partial charge >= 0.3 is 0 Å². The van der Waals surface area contributed by atoms with E-state index in [4.69, 9.17) is 4.74 Å². The number of ether oxygens (including phenoxy) is 1. The van der Waals surface area contributed by atoms with Crippen LogP contribution in [0.2, 0.25) is 0 Å². The van der Waals surface area contributed by atoms with Gasteiger partial charge in [0.05, 0.1) is 11.7 Å². The second kappa shape index (κ2) is 6.17. The molecule has 1 N–H and O–H groups in total. The fourth-order valence-corrected chi connectivity index (χ4v) is 4.60. The van der Waals surface area contributed by atoms with Crippen molar-refractivity contribution in [3.63, 3.8) is 0 Å². The molecule has 2 unspecified atom stereocenters. The minimum Gasteiger partial charge on any atom is -0.370 e. The van der Waals surface area contributed by atoms with Crippen molar-refractivity contribution in [3.05, 3.63) is 21.9 Å². The highest BCUT2D eigenvalue weighted by Crippen LogP contribution is 2.41. The van der Waals surface area contributed by atoms with Crippen LogP contribution in [0, 0.1) is 6.92 Å². The fourth-order valence-electron chi connectivity index (χ4n) is 3.70. The smallest absolute Gasteiger partial charge is 0.0708 e. The Balaban J connectivity index is 1.47. The van der Waals surface area contributed by atoms with E-state index in [2.05, 4.69) is 31.3 Å². The average Bonchev–Trinajstić information content (AvgIpc) is 3.05. The van der Waals surface area contributed by atoms with E-state index in [0.717, 1.165) is 6.54 Å². The molecule has 0 aromatic carbocycles. The van der Waals surface area contributed by atoms with Gasteiger partial charge < -0.3 is 10.1 Å². The normalized spacial score (nSPS) is 27.0. The van der Waals surface area contributed by atoms with E-state index >= 15 is 0 Å². The molecule has 1 aliphatic carbocycles. The molecule has 1 aromatic rings. The van der Waals surface area contributed by atoms with Gasteiger partial charge in [0.1, 0.15) is 0 Å². The Hall–Kier alpha value is -0.380. The molecule has 1 saturated carbocycles. The predicted octanol–water partition coefficient (Wildman–Crippen LogP) is 4.59. The highest BCUT2D eigenvalue weighted by atomic mass is 32.1. The van der Waals surface area contributed by atoms with Gasteiger partial charge in [0.2, 0.25) is 0 Å². The highest BCUT2D eigenvalue weighted by Gasteiger charge is 2.40. The van der Waals surface area contributed by atoms with Gasteiger partial charge in [-0.2, -0.15) is 0 Å². The van der Waals surface area contributed by atoms with Gasteiger partial charge in [0.25, 0.3) is 0 Å². The maximum atomic E-state index is 6.42. The van der Waals surface area contributed by atoms with Crippen molar-refractivity contribution in [2.75, 3.05) is 6.54 Å². The highest BCUT2D eigenvalue weighted by molar-refractivity contribution is 7.12. The molecule has 1 spiro atoms. The summed E-state index contributed by atoms with van der Waals surface area (Å²) >= 11 is 1.90. The number of thiophene rings is 1. The van der Waals surface area contributed by atoms with Gasteiger partial charge in [-0.15, -0.1) is 11.3 Å². The molecule has 2 atom stereocenters. The van der Waals surface area contributed by atoms with Crippen LogP contribution in [-0.4, -0.2) is 18.2 Å². The van der Waals surface area contributed by atoms with Crippen molar-refractivity contribution in [2.24, 2.45) is 0 Å². The van der Waals surface area contributed by atoms with Gasteiger partial charge in [-0.05, 0) is 51.7 Å². The Bertz CT molecular complexity index is 436. The maximum absolute atomic E-state index is 6.42. The molecule has 112 valence electrons. The van der Waals surface area contributed by atoms with Crippen LogP contribution in [0.4, 0.5) is 0 Å². The van der Waals surface area contributed by atoms with Crippen LogP contribution in [0.1, 0.15) is 67.7 Å². The molecule has 0 radical (unpaired) electrons. The molecular formula is C17H27NOS. The topological polar surface area (TPSA) is 21.3 Å². The van der Waals surface area contributed by atoms with E-state index in [1.54, 1.807) is 0 Å². The summed E-state index contributed by atoms with van der Waals surface area (Å²) in [7, 11) is 0. The lowest BCUT2D eigenvalue weighted by atomic mass is 9.83. The molecule has 3 rings (SSSR count). The van der Waals surface area contributed by atoms with Gasteiger partial charge in [-0.3, -0.25) is 0 Å². The summed E-state index contributed by atoms with van der Waals surface area (Å²) in [6, 6.07) is 4.90. The Labute approximate surface area is 126 Å². The van der Waals surface area contributed by atoms with Crippen molar-refractivity contribution < 1.29 is 4.74 Å². The summed E-state index contributed by atoms with van der Waals surface area (Å²) in [5.74, 6) is 0. The monoisotopic (exact) mass is 293 g/mol. The Morgan fingerprint density at radius 2 is 2.10 bits per heavy atom. The summed E-state index contributed by atoms with van der Waals surface area (Å²) in [6.45, 7) is 5.43. The van der Waals surface area contributed by atoms with Gasteiger partial charge in [0, 0.05) is 22.3 Å². The second-order valence-electron chi connectivity index (χ2n) is 6.60. The molecule has 0 amide bonds. The zero-order valence-electron chi connectivity index (χ0n) is 12.8. The Kier molecular flexibility index (Phi) is 4.49. The minimum absolute atomic E-state index is 0.257. The average molecular weight is 293 g/mol. The van der Waals surface area contributed by atoms with Crippen molar-refractivity contribution in [3.8, 4) is 0 Å². The first kappa shape index (κ1) is 14.6. The standard InChI is InChI=1S/C17H27NOS/c1-13-6-7-16(20-13)14(2)18-12-15-8-11-17(19-15)9-4-3-5-10-17/h6-7,14-15,18H,3-5,8-12H2,1-2H3. The van der Waals surface area contributed by atoms with Crippen molar-refractivity contribution >= 4 is 11.3 Å². The fraction of sp³-hybridized carbons (Fsp3) is 0.765. The molecule has 20 heavy (non-hydrogen) atoms. The van der Waals surface area contributed by atoms with Crippen LogP contribution in [0.25, 0.3) is 0 Å². The maximum Gasteiger partial charge on any atom is 0.0708 e.